The van der Waals surface area contributed by atoms with Crippen LogP contribution in [0.25, 0.3) is 10.9 Å². The highest BCUT2D eigenvalue weighted by atomic mass is 79.9. The minimum atomic E-state index is -0.517. The van der Waals surface area contributed by atoms with Gasteiger partial charge in [0, 0.05) is 24.6 Å². The zero-order valence-electron chi connectivity index (χ0n) is 15.1. The molecule has 0 radical (unpaired) electrons. The molecule has 28 heavy (non-hydrogen) atoms. The van der Waals surface area contributed by atoms with Gasteiger partial charge in [-0.3, -0.25) is 10.1 Å². The van der Waals surface area contributed by atoms with Crippen LogP contribution in [0.3, 0.4) is 0 Å². The average Bonchev–Trinajstić information content (AvgIpc) is 2.92. The predicted octanol–water partition coefficient (Wildman–Crippen LogP) is 4.31. The fourth-order valence-electron chi connectivity index (χ4n) is 2.91. The van der Waals surface area contributed by atoms with E-state index in [2.05, 4.69) is 15.9 Å². The average molecular weight is 449 g/mol. The van der Waals surface area contributed by atoms with E-state index < -0.39 is 10.9 Å². The largest absolute Gasteiger partial charge is 0.507 e. The van der Waals surface area contributed by atoms with Crippen molar-refractivity contribution in [3.05, 3.63) is 62.2 Å². The highest BCUT2D eigenvalue weighted by molar-refractivity contribution is 9.10. The highest BCUT2D eigenvalue weighted by Crippen LogP contribution is 2.35. The lowest BCUT2D eigenvalue weighted by molar-refractivity contribution is -0.384. The summed E-state index contributed by atoms with van der Waals surface area (Å²) >= 11 is 3.28. The molecule has 0 aliphatic rings. The number of non-ortho nitro benzene ring substituents is 1. The summed E-state index contributed by atoms with van der Waals surface area (Å²) in [4.78, 5) is 22.8. The number of aromatic hydroxyl groups is 1. The van der Waals surface area contributed by atoms with E-state index in [-0.39, 0.29) is 24.7 Å². The molecule has 0 bridgehead atoms. The summed E-state index contributed by atoms with van der Waals surface area (Å²) in [6, 6.07) is 8.89. The molecular weight excluding hydrogens is 432 g/mol. The maximum atomic E-state index is 12.6. The number of halogens is 1. The van der Waals surface area contributed by atoms with Crippen molar-refractivity contribution >= 4 is 38.5 Å². The van der Waals surface area contributed by atoms with Gasteiger partial charge in [0.05, 0.1) is 32.8 Å². The van der Waals surface area contributed by atoms with Crippen LogP contribution in [0.5, 0.6) is 11.5 Å². The lowest BCUT2D eigenvalue weighted by Gasteiger charge is -2.10. The molecule has 8 nitrogen and oxygen atoms in total. The number of phenolic OH excluding ortho intramolecular Hbond substituents is 1. The summed E-state index contributed by atoms with van der Waals surface area (Å²) in [6.45, 7) is 1.96. The fourth-order valence-corrected chi connectivity index (χ4v) is 3.24. The van der Waals surface area contributed by atoms with Gasteiger partial charge in [0.25, 0.3) is 5.69 Å². The zero-order chi connectivity index (χ0) is 20.4. The van der Waals surface area contributed by atoms with Gasteiger partial charge in [-0.25, -0.2) is 4.79 Å². The summed E-state index contributed by atoms with van der Waals surface area (Å²) < 4.78 is 13.2. The number of hydrogen-bond donors (Lipinski definition) is 1. The van der Waals surface area contributed by atoms with Gasteiger partial charge in [-0.1, -0.05) is 0 Å². The summed E-state index contributed by atoms with van der Waals surface area (Å²) in [5, 5.41) is 21.3. The summed E-state index contributed by atoms with van der Waals surface area (Å²) in [5.41, 5.74) is 1.55. The number of carbonyl (C=O) groups is 1. The Labute approximate surface area is 168 Å². The maximum Gasteiger partial charge on any atom is 0.340 e. The molecule has 0 unspecified atom stereocenters. The van der Waals surface area contributed by atoms with Crippen LogP contribution in [0.2, 0.25) is 0 Å². The SMILES string of the molecule is CCOC(=O)c1c(COc2ccc([N+](=O)[O-])cc2)n(C)c2cc(Br)c(O)cc12. The summed E-state index contributed by atoms with van der Waals surface area (Å²) in [7, 11) is 1.78. The van der Waals surface area contributed by atoms with Gasteiger partial charge >= 0.3 is 5.97 Å². The number of aryl methyl sites for hydroxylation is 1. The Kier molecular flexibility index (Phi) is 5.55. The van der Waals surface area contributed by atoms with Crippen LogP contribution in [0, 0.1) is 10.1 Å². The number of carbonyl (C=O) groups excluding carboxylic acids is 1. The molecule has 3 rings (SSSR count). The molecule has 3 aromatic rings. The number of esters is 1. The van der Waals surface area contributed by atoms with Gasteiger partial charge in [-0.2, -0.15) is 0 Å². The number of fused-ring (bicyclic) bond motifs is 1. The third-order valence-electron chi connectivity index (χ3n) is 4.29. The van der Waals surface area contributed by atoms with Gasteiger partial charge in [0.15, 0.2) is 0 Å². The van der Waals surface area contributed by atoms with E-state index in [4.69, 9.17) is 9.47 Å². The zero-order valence-corrected chi connectivity index (χ0v) is 16.7. The molecule has 1 N–H and O–H groups in total. The van der Waals surface area contributed by atoms with Crippen molar-refractivity contribution in [1.29, 1.82) is 0 Å². The van der Waals surface area contributed by atoms with Gasteiger partial charge in [0.2, 0.25) is 0 Å². The van der Waals surface area contributed by atoms with E-state index in [9.17, 15) is 20.0 Å². The van der Waals surface area contributed by atoms with Crippen molar-refractivity contribution in [2.24, 2.45) is 7.05 Å². The fraction of sp³-hybridized carbons (Fsp3) is 0.211. The number of phenols is 1. The maximum absolute atomic E-state index is 12.6. The Balaban J connectivity index is 2.01. The van der Waals surface area contributed by atoms with E-state index in [1.165, 1.54) is 30.3 Å². The molecule has 0 spiro atoms. The monoisotopic (exact) mass is 448 g/mol. The van der Waals surface area contributed by atoms with Crippen LogP contribution in [-0.2, 0) is 18.4 Å². The second-order valence-electron chi connectivity index (χ2n) is 5.96. The van der Waals surface area contributed by atoms with E-state index in [0.29, 0.717) is 26.9 Å². The molecule has 9 heteroatoms. The molecule has 0 aliphatic carbocycles. The Morgan fingerprint density at radius 1 is 1.29 bits per heavy atom. The number of benzene rings is 2. The summed E-state index contributed by atoms with van der Waals surface area (Å²) in [5.74, 6) is -0.0849. The first-order valence-electron chi connectivity index (χ1n) is 8.37. The van der Waals surface area contributed by atoms with Crippen LogP contribution >= 0.6 is 15.9 Å². The molecule has 146 valence electrons. The first kappa shape index (κ1) is 19.7. The molecule has 0 atom stereocenters. The van der Waals surface area contributed by atoms with E-state index in [1.807, 2.05) is 0 Å². The lowest BCUT2D eigenvalue weighted by Crippen LogP contribution is -2.11. The molecule has 1 aromatic heterocycles. The second kappa shape index (κ2) is 7.89. The van der Waals surface area contributed by atoms with E-state index >= 15 is 0 Å². The first-order chi connectivity index (χ1) is 13.3. The van der Waals surface area contributed by atoms with Crippen LogP contribution in [0.1, 0.15) is 23.0 Å². The van der Waals surface area contributed by atoms with Crippen molar-refractivity contribution in [3.63, 3.8) is 0 Å². The van der Waals surface area contributed by atoms with Crippen molar-refractivity contribution in [1.82, 2.24) is 4.57 Å². The van der Waals surface area contributed by atoms with E-state index in [1.54, 1.807) is 24.6 Å². The normalized spacial score (nSPS) is 10.8. The Bertz CT molecular complexity index is 1060. The first-order valence-corrected chi connectivity index (χ1v) is 9.17. The number of rotatable bonds is 6. The van der Waals surface area contributed by atoms with Crippen LogP contribution in [0.4, 0.5) is 5.69 Å². The van der Waals surface area contributed by atoms with Gasteiger partial charge in [0.1, 0.15) is 18.1 Å². The third-order valence-corrected chi connectivity index (χ3v) is 4.93. The van der Waals surface area contributed by atoms with Crippen molar-refractivity contribution in [2.75, 3.05) is 6.61 Å². The van der Waals surface area contributed by atoms with Crippen LogP contribution < -0.4 is 4.74 Å². The lowest BCUT2D eigenvalue weighted by atomic mass is 10.1. The Hall–Kier alpha value is -3.07. The number of nitro benzene ring substituents is 1. The third kappa shape index (κ3) is 3.65. The van der Waals surface area contributed by atoms with Crippen molar-refractivity contribution in [2.45, 2.75) is 13.5 Å². The molecule has 0 saturated carbocycles. The Morgan fingerprint density at radius 2 is 1.96 bits per heavy atom. The smallest absolute Gasteiger partial charge is 0.340 e. The quantitative estimate of drug-likeness (QED) is 0.342. The molecule has 0 aliphatic heterocycles. The molecule has 0 fully saturated rings. The summed E-state index contributed by atoms with van der Waals surface area (Å²) in [6.07, 6.45) is 0. The van der Waals surface area contributed by atoms with Crippen molar-refractivity contribution in [3.8, 4) is 11.5 Å². The van der Waals surface area contributed by atoms with Crippen LogP contribution in [-0.4, -0.2) is 27.2 Å². The number of ether oxygens (including phenoxy) is 2. The minimum absolute atomic E-state index is 0.00601. The van der Waals surface area contributed by atoms with Gasteiger partial charge in [-0.15, -0.1) is 0 Å². The van der Waals surface area contributed by atoms with Gasteiger partial charge < -0.3 is 19.1 Å². The standard InChI is InChI=1S/C19H17BrN2O6/c1-3-27-19(24)18-13-8-17(23)14(20)9-15(13)21(2)16(18)10-28-12-6-4-11(5-7-12)22(25)26/h4-9,23H,3,10H2,1-2H3. The van der Waals surface area contributed by atoms with Gasteiger partial charge in [-0.05, 0) is 47.1 Å². The number of aromatic nitrogens is 1. The minimum Gasteiger partial charge on any atom is -0.507 e. The molecule has 0 saturated heterocycles. The number of nitro groups is 1. The second-order valence-corrected chi connectivity index (χ2v) is 6.82. The van der Waals surface area contributed by atoms with Crippen LogP contribution in [0.15, 0.2) is 40.9 Å². The number of nitrogens with zero attached hydrogens (tertiary/aromatic N) is 2. The van der Waals surface area contributed by atoms with E-state index in [0.717, 1.165) is 5.52 Å². The molecule has 0 amide bonds. The molecular formula is C19H17BrN2O6. The molecule has 1 heterocycles. The predicted molar refractivity (Wildman–Crippen MR) is 106 cm³/mol. The topological polar surface area (TPSA) is 104 Å². The number of hydrogen-bond acceptors (Lipinski definition) is 6. The highest BCUT2D eigenvalue weighted by Gasteiger charge is 2.24. The molecule has 2 aromatic carbocycles. The Morgan fingerprint density at radius 3 is 2.57 bits per heavy atom. The van der Waals surface area contributed by atoms with Crippen molar-refractivity contribution < 1.29 is 24.3 Å².